The largest absolute Gasteiger partial charge is 0.361 e. The number of rotatable bonds is 4. The van der Waals surface area contributed by atoms with Gasteiger partial charge >= 0.3 is 0 Å². The third-order valence-electron chi connectivity index (χ3n) is 8.42. The summed E-state index contributed by atoms with van der Waals surface area (Å²) in [6.07, 6.45) is 2.67. The lowest BCUT2D eigenvalue weighted by atomic mass is 9.76. The molecule has 0 spiro atoms. The molecule has 0 aliphatic carbocycles. The van der Waals surface area contributed by atoms with E-state index in [1.165, 1.54) is 0 Å². The predicted molar refractivity (Wildman–Crippen MR) is 149 cm³/mol. The lowest BCUT2D eigenvalue weighted by molar-refractivity contribution is -0.166. The van der Waals surface area contributed by atoms with Gasteiger partial charge in [-0.3, -0.25) is 9.59 Å². The first-order valence-corrected chi connectivity index (χ1v) is 13.3. The Morgan fingerprint density at radius 2 is 1.66 bits per heavy atom. The van der Waals surface area contributed by atoms with Crippen molar-refractivity contribution in [2.45, 2.75) is 24.8 Å². The van der Waals surface area contributed by atoms with Gasteiger partial charge in [0, 0.05) is 52.0 Å². The molecule has 1 saturated heterocycles. The normalized spacial score (nSPS) is 21.3. The van der Waals surface area contributed by atoms with Crippen LogP contribution in [0.2, 0.25) is 5.02 Å². The first kappa shape index (κ1) is 23.1. The summed E-state index contributed by atoms with van der Waals surface area (Å²) in [6.45, 7) is 2.83. The summed E-state index contributed by atoms with van der Waals surface area (Å²) >= 11 is 6.68. The molecule has 6 nitrogen and oxygen atoms in total. The van der Waals surface area contributed by atoms with Gasteiger partial charge in [0.2, 0.25) is 5.91 Å². The monoisotopic (exact) mass is 522 g/mol. The predicted octanol–water partition coefficient (Wildman–Crippen LogP) is 5.58. The van der Waals surface area contributed by atoms with Gasteiger partial charge in [-0.25, -0.2) is 0 Å². The summed E-state index contributed by atoms with van der Waals surface area (Å²) in [5, 5.41) is 2.87. The highest BCUT2D eigenvalue weighted by Gasteiger charge is 2.56. The number of aromatic nitrogens is 2. The zero-order valence-corrected chi connectivity index (χ0v) is 21.8. The van der Waals surface area contributed by atoms with E-state index in [-0.39, 0.29) is 24.3 Å². The maximum absolute atomic E-state index is 14.3. The lowest BCUT2D eigenvalue weighted by Gasteiger charge is -2.51. The third-order valence-corrected chi connectivity index (χ3v) is 8.77. The molecule has 190 valence electrons. The minimum atomic E-state index is -1.12. The molecule has 38 heavy (non-hydrogen) atoms. The topological polar surface area (TPSA) is 72.2 Å². The molecule has 2 amide bonds. The van der Waals surface area contributed by atoms with Crippen LogP contribution in [0.25, 0.3) is 21.8 Å². The van der Waals surface area contributed by atoms with Crippen LogP contribution >= 0.6 is 11.6 Å². The van der Waals surface area contributed by atoms with E-state index in [0.717, 1.165) is 44.2 Å². The summed E-state index contributed by atoms with van der Waals surface area (Å²) in [6, 6.07) is 24.0. The van der Waals surface area contributed by atoms with Crippen LogP contribution < -0.4 is 0 Å². The van der Waals surface area contributed by atoms with Gasteiger partial charge in [-0.1, -0.05) is 66.2 Å². The quantitative estimate of drug-likeness (QED) is 0.323. The van der Waals surface area contributed by atoms with Crippen LogP contribution in [0, 0.1) is 0 Å². The average Bonchev–Trinajstić information content (AvgIpc) is 3.53. The second-order valence-corrected chi connectivity index (χ2v) is 10.9. The summed E-state index contributed by atoms with van der Waals surface area (Å²) in [5.41, 5.74) is 4.83. The van der Waals surface area contributed by atoms with Crippen LogP contribution in [0.1, 0.15) is 35.2 Å². The number of nitrogens with zero attached hydrogens (tertiary/aromatic N) is 2. The fourth-order valence-corrected chi connectivity index (χ4v) is 6.76. The molecule has 4 heterocycles. The molecular weight excluding hydrogens is 496 g/mol. The molecule has 2 N–H and O–H groups in total. The van der Waals surface area contributed by atoms with E-state index in [4.69, 9.17) is 11.6 Å². The zero-order valence-electron chi connectivity index (χ0n) is 21.0. The SMILES string of the molecule is C[C@]12C(=O)N(CCc3c[nH]c4ccccc34)CC(=O)N1C[C@@H](c1ccccc1Cl)c1c2[nH]c2ccccc12. The molecule has 0 saturated carbocycles. The van der Waals surface area contributed by atoms with E-state index in [2.05, 4.69) is 22.1 Å². The zero-order chi connectivity index (χ0) is 26.0. The Hall–Kier alpha value is -4.03. The van der Waals surface area contributed by atoms with Crippen molar-refractivity contribution in [2.75, 3.05) is 19.6 Å². The number of piperazine rings is 1. The summed E-state index contributed by atoms with van der Waals surface area (Å²) in [4.78, 5) is 38.4. The van der Waals surface area contributed by atoms with Crippen molar-refractivity contribution in [3.8, 4) is 0 Å². The average molecular weight is 523 g/mol. The number of amides is 2. The Bertz CT molecular complexity index is 1740. The Balaban J connectivity index is 1.31. The van der Waals surface area contributed by atoms with Crippen molar-refractivity contribution < 1.29 is 9.59 Å². The third kappa shape index (κ3) is 3.26. The van der Waals surface area contributed by atoms with Gasteiger partial charge in [0.15, 0.2) is 5.54 Å². The maximum atomic E-state index is 14.3. The molecule has 1 fully saturated rings. The van der Waals surface area contributed by atoms with E-state index < -0.39 is 5.54 Å². The van der Waals surface area contributed by atoms with E-state index in [1.807, 2.05) is 73.8 Å². The van der Waals surface area contributed by atoms with Crippen molar-refractivity contribution in [3.63, 3.8) is 0 Å². The van der Waals surface area contributed by atoms with Gasteiger partial charge in [-0.2, -0.15) is 0 Å². The van der Waals surface area contributed by atoms with Crippen molar-refractivity contribution in [1.82, 2.24) is 19.8 Å². The number of hydrogen-bond acceptors (Lipinski definition) is 2. The molecule has 0 bridgehead atoms. The highest BCUT2D eigenvalue weighted by molar-refractivity contribution is 6.31. The number of carbonyl (C=O) groups is 2. The van der Waals surface area contributed by atoms with Crippen LogP contribution in [0.4, 0.5) is 0 Å². The van der Waals surface area contributed by atoms with Gasteiger partial charge in [-0.15, -0.1) is 0 Å². The Labute approximate surface area is 225 Å². The number of benzene rings is 3. The van der Waals surface area contributed by atoms with Crippen LogP contribution in [0.15, 0.2) is 79.0 Å². The van der Waals surface area contributed by atoms with Crippen molar-refractivity contribution in [1.29, 1.82) is 0 Å². The Kier molecular flexibility index (Phi) is 5.17. The van der Waals surface area contributed by atoms with Crippen LogP contribution in [-0.4, -0.2) is 51.2 Å². The second-order valence-electron chi connectivity index (χ2n) is 10.4. The molecule has 2 atom stereocenters. The number of fused-ring (bicyclic) bond motifs is 6. The van der Waals surface area contributed by atoms with E-state index in [1.54, 1.807) is 9.80 Å². The molecule has 3 aromatic carbocycles. The number of H-pyrrole nitrogens is 2. The van der Waals surface area contributed by atoms with Gasteiger partial charge < -0.3 is 19.8 Å². The summed E-state index contributed by atoms with van der Waals surface area (Å²) < 4.78 is 0. The fourth-order valence-electron chi connectivity index (χ4n) is 6.49. The second kappa shape index (κ2) is 8.50. The molecule has 2 aliphatic heterocycles. The number of halogens is 1. The minimum absolute atomic E-state index is 0.0487. The van der Waals surface area contributed by atoms with E-state index in [9.17, 15) is 9.59 Å². The Morgan fingerprint density at radius 3 is 2.47 bits per heavy atom. The smallest absolute Gasteiger partial charge is 0.254 e. The first-order valence-electron chi connectivity index (χ1n) is 13.0. The molecule has 5 aromatic rings. The van der Waals surface area contributed by atoms with Gasteiger partial charge in [0.05, 0.1) is 12.2 Å². The van der Waals surface area contributed by atoms with Gasteiger partial charge in [0.1, 0.15) is 0 Å². The fraction of sp³-hybridized carbons (Fsp3) is 0.226. The first-order chi connectivity index (χ1) is 18.5. The standard InChI is InChI=1S/C31H27ClN4O2/c1-31-29-28(22-10-4-7-13-26(22)34-29)23(21-9-2-5-11-24(21)32)17-36(31)27(37)18-35(30(31)38)15-14-19-16-33-25-12-6-3-8-20(19)25/h2-13,16,23,33-34H,14-15,17-18H2,1H3/t23-,31-/m0/s1. The number of hydrogen-bond donors (Lipinski definition) is 2. The van der Waals surface area contributed by atoms with Crippen molar-refractivity contribution in [2.24, 2.45) is 0 Å². The van der Waals surface area contributed by atoms with Crippen LogP contribution in [0.3, 0.4) is 0 Å². The lowest BCUT2D eigenvalue weighted by Crippen LogP contribution is -2.67. The number of nitrogens with one attached hydrogen (secondary N) is 2. The van der Waals surface area contributed by atoms with Gasteiger partial charge in [-0.05, 0) is 48.2 Å². The summed E-state index contributed by atoms with van der Waals surface area (Å²) in [7, 11) is 0. The van der Waals surface area contributed by atoms with Crippen molar-refractivity contribution >= 4 is 45.2 Å². The molecular formula is C31H27ClN4O2. The van der Waals surface area contributed by atoms with E-state index >= 15 is 0 Å². The van der Waals surface area contributed by atoms with Gasteiger partial charge in [0.25, 0.3) is 5.91 Å². The Morgan fingerprint density at radius 1 is 0.947 bits per heavy atom. The number of para-hydroxylation sites is 2. The number of aromatic amines is 2. The molecule has 7 rings (SSSR count). The molecule has 0 unspecified atom stereocenters. The highest BCUT2D eigenvalue weighted by atomic mass is 35.5. The molecule has 2 aromatic heterocycles. The van der Waals surface area contributed by atoms with Crippen LogP contribution in [0.5, 0.6) is 0 Å². The summed E-state index contributed by atoms with van der Waals surface area (Å²) in [5.74, 6) is -0.243. The minimum Gasteiger partial charge on any atom is -0.361 e. The van der Waals surface area contributed by atoms with E-state index in [0.29, 0.717) is 24.5 Å². The van der Waals surface area contributed by atoms with Crippen LogP contribution in [-0.2, 0) is 21.5 Å². The highest BCUT2D eigenvalue weighted by Crippen LogP contribution is 2.49. The molecule has 7 heteroatoms. The maximum Gasteiger partial charge on any atom is 0.254 e. The van der Waals surface area contributed by atoms with Crippen molar-refractivity contribution in [3.05, 3.63) is 106 Å². The molecule has 0 radical (unpaired) electrons. The number of carbonyl (C=O) groups excluding carboxylic acids is 2. The molecule has 2 aliphatic rings.